The average Bonchev–Trinajstić information content (AvgIpc) is 2.34. The Morgan fingerprint density at radius 3 is 2.33 bits per heavy atom. The molecule has 0 aromatic heterocycles. The molecule has 0 bridgehead atoms. The number of hydrogen-bond donors (Lipinski definition) is 4. The van der Waals surface area contributed by atoms with E-state index in [2.05, 4.69) is 10.6 Å². The Labute approximate surface area is 122 Å². The van der Waals surface area contributed by atoms with Gasteiger partial charge in [0, 0.05) is 0 Å². The number of nitrogens with one attached hydrogen (secondary N) is 2. The number of carbonyl (C=O) groups excluding carboxylic acids is 2. The first-order valence-corrected chi connectivity index (χ1v) is 6.43. The molecular weight excluding hydrogens is 274 g/mol. The number of carbonyl (C=O) groups is 3. The lowest BCUT2D eigenvalue weighted by Gasteiger charge is -2.19. The Hall–Kier alpha value is -2.57. The third-order valence-electron chi connectivity index (χ3n) is 2.99. The topological polar surface area (TPSA) is 122 Å². The third kappa shape index (κ3) is 4.20. The van der Waals surface area contributed by atoms with Crippen molar-refractivity contribution < 1.29 is 19.5 Å². The highest BCUT2D eigenvalue weighted by atomic mass is 16.4. The highest BCUT2D eigenvalue weighted by Gasteiger charge is 2.22. The molecule has 1 aromatic carbocycles. The van der Waals surface area contributed by atoms with Gasteiger partial charge in [-0.25, -0.2) is 9.59 Å². The van der Waals surface area contributed by atoms with Gasteiger partial charge in [0.05, 0.1) is 11.3 Å². The number of amides is 3. The monoisotopic (exact) mass is 293 g/mol. The van der Waals surface area contributed by atoms with Crippen molar-refractivity contribution in [1.82, 2.24) is 5.32 Å². The number of urea groups is 1. The molecule has 0 aliphatic heterocycles. The molecule has 21 heavy (non-hydrogen) atoms. The maximum atomic E-state index is 11.9. The summed E-state index contributed by atoms with van der Waals surface area (Å²) >= 11 is 0. The molecule has 7 heteroatoms. The summed E-state index contributed by atoms with van der Waals surface area (Å²) in [4.78, 5) is 34.4. The fourth-order valence-electron chi connectivity index (χ4n) is 1.92. The minimum Gasteiger partial charge on any atom is -0.478 e. The molecule has 7 nitrogen and oxygen atoms in total. The minimum absolute atomic E-state index is 0.00724. The van der Waals surface area contributed by atoms with E-state index in [-0.39, 0.29) is 17.2 Å². The van der Waals surface area contributed by atoms with E-state index in [0.717, 1.165) is 0 Å². The molecule has 0 aliphatic carbocycles. The van der Waals surface area contributed by atoms with Gasteiger partial charge >= 0.3 is 12.0 Å². The zero-order valence-corrected chi connectivity index (χ0v) is 12.1. The molecule has 1 unspecified atom stereocenters. The molecule has 0 saturated carbocycles. The summed E-state index contributed by atoms with van der Waals surface area (Å²) < 4.78 is 0. The summed E-state index contributed by atoms with van der Waals surface area (Å²) in [6.07, 6.45) is 0. The lowest BCUT2D eigenvalue weighted by Crippen LogP contribution is -2.49. The van der Waals surface area contributed by atoms with Crippen molar-refractivity contribution in [2.45, 2.75) is 26.8 Å². The van der Waals surface area contributed by atoms with E-state index in [4.69, 9.17) is 5.73 Å². The van der Waals surface area contributed by atoms with Crippen LogP contribution in [0.15, 0.2) is 18.2 Å². The standard InChI is InChI=1S/C14H19N3O4/c1-7(2)11(12(15)18)17-14(21)16-9-6-4-5-8(3)10(9)13(19)20/h4-7,11H,1-3H3,(H2,15,18)(H,19,20)(H2,16,17,21). The third-order valence-corrected chi connectivity index (χ3v) is 2.99. The predicted octanol–water partition coefficient (Wildman–Crippen LogP) is 1.32. The summed E-state index contributed by atoms with van der Waals surface area (Å²) in [5.74, 6) is -1.97. The Balaban J connectivity index is 2.92. The normalized spacial score (nSPS) is 11.8. The quantitative estimate of drug-likeness (QED) is 0.654. The van der Waals surface area contributed by atoms with Gasteiger partial charge in [-0.1, -0.05) is 26.0 Å². The first kappa shape index (κ1) is 16.5. The summed E-state index contributed by atoms with van der Waals surface area (Å²) in [5, 5.41) is 14.0. The predicted molar refractivity (Wildman–Crippen MR) is 78.1 cm³/mol. The van der Waals surface area contributed by atoms with Crippen LogP contribution in [-0.4, -0.2) is 29.1 Å². The van der Waals surface area contributed by atoms with Crippen LogP contribution in [0, 0.1) is 12.8 Å². The van der Waals surface area contributed by atoms with Crippen LogP contribution in [0.4, 0.5) is 10.5 Å². The molecule has 5 N–H and O–H groups in total. The van der Waals surface area contributed by atoms with Gasteiger partial charge in [-0.3, -0.25) is 4.79 Å². The number of benzene rings is 1. The number of hydrogen-bond acceptors (Lipinski definition) is 3. The van der Waals surface area contributed by atoms with Gasteiger partial charge in [0.15, 0.2) is 0 Å². The number of aromatic carboxylic acids is 1. The van der Waals surface area contributed by atoms with Crippen LogP contribution >= 0.6 is 0 Å². The van der Waals surface area contributed by atoms with Crippen LogP contribution in [0.2, 0.25) is 0 Å². The van der Waals surface area contributed by atoms with Crippen molar-refractivity contribution in [3.05, 3.63) is 29.3 Å². The number of anilines is 1. The average molecular weight is 293 g/mol. The summed E-state index contributed by atoms with van der Waals surface area (Å²) in [6.45, 7) is 5.11. The molecule has 0 heterocycles. The summed E-state index contributed by atoms with van der Waals surface area (Å²) in [5.41, 5.74) is 5.90. The maximum Gasteiger partial charge on any atom is 0.338 e. The fourth-order valence-corrected chi connectivity index (χ4v) is 1.92. The van der Waals surface area contributed by atoms with Gasteiger partial charge in [-0.05, 0) is 24.5 Å². The van der Waals surface area contributed by atoms with Crippen LogP contribution in [-0.2, 0) is 4.79 Å². The van der Waals surface area contributed by atoms with Crippen LogP contribution < -0.4 is 16.4 Å². The number of nitrogens with two attached hydrogens (primary N) is 1. The van der Waals surface area contributed by atoms with E-state index in [1.807, 2.05) is 0 Å². The van der Waals surface area contributed by atoms with Crippen LogP contribution in [0.5, 0.6) is 0 Å². The van der Waals surface area contributed by atoms with Crippen molar-refractivity contribution >= 4 is 23.6 Å². The van der Waals surface area contributed by atoms with E-state index in [1.54, 1.807) is 32.9 Å². The number of primary amides is 1. The molecule has 0 fully saturated rings. The van der Waals surface area contributed by atoms with Gasteiger partial charge in [0.2, 0.25) is 5.91 Å². The number of carboxylic acids is 1. The Bertz CT molecular complexity index is 569. The van der Waals surface area contributed by atoms with Crippen molar-refractivity contribution in [1.29, 1.82) is 0 Å². The number of aryl methyl sites for hydroxylation is 1. The molecule has 114 valence electrons. The lowest BCUT2D eigenvalue weighted by molar-refractivity contribution is -0.120. The van der Waals surface area contributed by atoms with E-state index in [1.165, 1.54) is 6.07 Å². The van der Waals surface area contributed by atoms with Gasteiger partial charge < -0.3 is 21.5 Å². The summed E-state index contributed by atoms with van der Waals surface area (Å²) in [6, 6.07) is 3.23. The van der Waals surface area contributed by atoms with Crippen LogP contribution in [0.25, 0.3) is 0 Å². The second-order valence-electron chi connectivity index (χ2n) is 5.03. The maximum absolute atomic E-state index is 11.9. The van der Waals surface area contributed by atoms with Crippen molar-refractivity contribution in [2.75, 3.05) is 5.32 Å². The van der Waals surface area contributed by atoms with Gasteiger partial charge in [-0.15, -0.1) is 0 Å². The molecule has 3 amide bonds. The van der Waals surface area contributed by atoms with E-state index in [9.17, 15) is 19.5 Å². The first-order valence-electron chi connectivity index (χ1n) is 6.43. The van der Waals surface area contributed by atoms with Crippen molar-refractivity contribution in [3.8, 4) is 0 Å². The lowest BCUT2D eigenvalue weighted by atomic mass is 10.0. The van der Waals surface area contributed by atoms with Gasteiger partial charge in [0.1, 0.15) is 6.04 Å². The summed E-state index contributed by atoms with van der Waals surface area (Å²) in [7, 11) is 0. The van der Waals surface area contributed by atoms with Crippen LogP contribution in [0.3, 0.4) is 0 Å². The Morgan fingerprint density at radius 1 is 1.24 bits per heavy atom. The molecule has 0 radical (unpaired) electrons. The highest BCUT2D eigenvalue weighted by molar-refractivity contribution is 6.01. The minimum atomic E-state index is -1.14. The molecule has 0 aliphatic rings. The second kappa shape index (κ2) is 6.74. The highest BCUT2D eigenvalue weighted by Crippen LogP contribution is 2.19. The molecule has 1 rings (SSSR count). The van der Waals surface area contributed by atoms with Crippen LogP contribution in [0.1, 0.15) is 29.8 Å². The fraction of sp³-hybridized carbons (Fsp3) is 0.357. The van der Waals surface area contributed by atoms with Crippen molar-refractivity contribution in [3.63, 3.8) is 0 Å². The second-order valence-corrected chi connectivity index (χ2v) is 5.03. The molecule has 0 saturated heterocycles. The van der Waals surface area contributed by atoms with E-state index < -0.39 is 23.9 Å². The largest absolute Gasteiger partial charge is 0.478 e. The first-order chi connectivity index (χ1) is 9.73. The molecule has 1 aromatic rings. The van der Waals surface area contributed by atoms with E-state index in [0.29, 0.717) is 5.56 Å². The number of rotatable bonds is 5. The Kier molecular flexibility index (Phi) is 5.29. The number of carboxylic acid groups (broad SMARTS) is 1. The van der Waals surface area contributed by atoms with E-state index >= 15 is 0 Å². The van der Waals surface area contributed by atoms with Gasteiger partial charge in [-0.2, -0.15) is 0 Å². The van der Waals surface area contributed by atoms with Gasteiger partial charge in [0.25, 0.3) is 0 Å². The Morgan fingerprint density at radius 2 is 1.86 bits per heavy atom. The van der Waals surface area contributed by atoms with Crippen molar-refractivity contribution in [2.24, 2.45) is 11.7 Å². The molecular formula is C14H19N3O4. The zero-order valence-electron chi connectivity index (χ0n) is 12.1. The molecule has 1 atom stereocenters. The molecule has 0 spiro atoms. The smallest absolute Gasteiger partial charge is 0.338 e. The zero-order chi connectivity index (χ0) is 16.2. The SMILES string of the molecule is Cc1cccc(NC(=O)NC(C(N)=O)C(C)C)c1C(=O)O.